The van der Waals surface area contributed by atoms with Crippen molar-refractivity contribution in [1.29, 1.82) is 0 Å². The van der Waals surface area contributed by atoms with Crippen molar-refractivity contribution in [3.8, 4) is 0 Å². The summed E-state index contributed by atoms with van der Waals surface area (Å²) < 4.78 is 0. The van der Waals surface area contributed by atoms with Gasteiger partial charge in [0, 0.05) is 6.04 Å². The monoisotopic (exact) mass is 274 g/mol. The minimum absolute atomic E-state index is 0.537. The van der Waals surface area contributed by atoms with Gasteiger partial charge in [0.2, 0.25) is 0 Å². The second-order valence-electron chi connectivity index (χ2n) is 6.55. The Balaban J connectivity index is 2.07. The average Bonchev–Trinajstić information content (AvgIpc) is 2.38. The lowest BCUT2D eigenvalue weighted by Crippen LogP contribution is -2.36. The van der Waals surface area contributed by atoms with E-state index in [0.29, 0.717) is 6.04 Å². The summed E-state index contributed by atoms with van der Waals surface area (Å²) in [6, 6.07) is 5.18. The van der Waals surface area contributed by atoms with Crippen LogP contribution in [0.5, 0.6) is 0 Å². The van der Waals surface area contributed by atoms with Crippen molar-refractivity contribution in [2.45, 2.75) is 53.0 Å². The van der Waals surface area contributed by atoms with Gasteiger partial charge < -0.3 is 5.73 Å². The van der Waals surface area contributed by atoms with Crippen LogP contribution in [0.2, 0.25) is 0 Å². The molecule has 1 aromatic rings. The maximum atomic E-state index is 5.69. The molecular weight excluding hydrogens is 244 g/mol. The Morgan fingerprint density at radius 1 is 1.15 bits per heavy atom. The molecule has 0 aromatic heterocycles. The Morgan fingerprint density at radius 2 is 1.70 bits per heavy atom. The van der Waals surface area contributed by atoms with Gasteiger partial charge in [0.25, 0.3) is 0 Å². The number of rotatable bonds is 4. The minimum Gasteiger partial charge on any atom is -0.330 e. The van der Waals surface area contributed by atoms with E-state index in [0.717, 1.165) is 12.5 Å². The van der Waals surface area contributed by atoms with Crippen LogP contribution in [0.3, 0.4) is 0 Å². The second kappa shape index (κ2) is 6.73. The molecule has 1 aliphatic heterocycles. The van der Waals surface area contributed by atoms with Crippen molar-refractivity contribution >= 4 is 0 Å². The van der Waals surface area contributed by atoms with Crippen molar-refractivity contribution in [3.05, 3.63) is 34.4 Å². The summed E-state index contributed by atoms with van der Waals surface area (Å²) in [6.45, 7) is 12.4. The molecule has 112 valence electrons. The summed E-state index contributed by atoms with van der Waals surface area (Å²) in [5.41, 5.74) is 11.5. The SMILES string of the molecule is Cc1cc(C)c(C(C)N2CCC(CCN)CC2)c(C)c1. The van der Waals surface area contributed by atoms with Gasteiger partial charge in [-0.25, -0.2) is 0 Å². The van der Waals surface area contributed by atoms with Crippen LogP contribution in [0, 0.1) is 26.7 Å². The van der Waals surface area contributed by atoms with E-state index in [4.69, 9.17) is 5.73 Å². The highest BCUT2D eigenvalue weighted by atomic mass is 15.2. The molecule has 1 aromatic carbocycles. The van der Waals surface area contributed by atoms with Gasteiger partial charge in [-0.05, 0) is 89.2 Å². The molecule has 1 unspecified atom stereocenters. The van der Waals surface area contributed by atoms with Crippen LogP contribution in [0.1, 0.15) is 54.5 Å². The molecule has 1 fully saturated rings. The van der Waals surface area contributed by atoms with Crippen molar-refractivity contribution in [2.24, 2.45) is 11.7 Å². The lowest BCUT2D eigenvalue weighted by molar-refractivity contribution is 0.138. The summed E-state index contributed by atoms with van der Waals surface area (Å²) >= 11 is 0. The van der Waals surface area contributed by atoms with Crippen molar-refractivity contribution in [1.82, 2.24) is 4.90 Å². The molecule has 1 atom stereocenters. The first-order chi connectivity index (χ1) is 9.52. The second-order valence-corrected chi connectivity index (χ2v) is 6.55. The van der Waals surface area contributed by atoms with Crippen molar-refractivity contribution in [3.63, 3.8) is 0 Å². The van der Waals surface area contributed by atoms with Crippen LogP contribution in [0.25, 0.3) is 0 Å². The minimum atomic E-state index is 0.537. The molecule has 2 N–H and O–H groups in total. The third-order valence-corrected chi connectivity index (χ3v) is 4.93. The fourth-order valence-corrected chi connectivity index (χ4v) is 3.90. The number of likely N-dealkylation sites (tertiary alicyclic amines) is 1. The average molecular weight is 274 g/mol. The number of nitrogens with two attached hydrogens (primary N) is 1. The van der Waals surface area contributed by atoms with Gasteiger partial charge in [-0.2, -0.15) is 0 Å². The number of benzene rings is 1. The molecular formula is C18H30N2. The fraction of sp³-hybridized carbons (Fsp3) is 0.667. The Labute approximate surface area is 124 Å². The molecule has 1 heterocycles. The predicted octanol–water partition coefficient (Wildman–Crippen LogP) is 3.73. The summed E-state index contributed by atoms with van der Waals surface area (Å²) in [6.07, 6.45) is 3.82. The zero-order valence-corrected chi connectivity index (χ0v) is 13.6. The van der Waals surface area contributed by atoms with Gasteiger partial charge in [0.1, 0.15) is 0 Å². The third kappa shape index (κ3) is 3.42. The van der Waals surface area contributed by atoms with E-state index in [2.05, 4.69) is 44.7 Å². The first-order valence-corrected chi connectivity index (χ1v) is 8.04. The Bertz CT molecular complexity index is 422. The first kappa shape index (κ1) is 15.5. The molecule has 0 aliphatic carbocycles. The van der Waals surface area contributed by atoms with Crippen molar-refractivity contribution in [2.75, 3.05) is 19.6 Å². The Kier molecular flexibility index (Phi) is 5.22. The maximum absolute atomic E-state index is 5.69. The summed E-state index contributed by atoms with van der Waals surface area (Å²) in [7, 11) is 0. The summed E-state index contributed by atoms with van der Waals surface area (Å²) in [5.74, 6) is 0.851. The summed E-state index contributed by atoms with van der Waals surface area (Å²) in [5, 5.41) is 0. The number of hydrogen-bond donors (Lipinski definition) is 1. The van der Waals surface area contributed by atoms with E-state index in [9.17, 15) is 0 Å². The van der Waals surface area contributed by atoms with Crippen LogP contribution in [0.15, 0.2) is 12.1 Å². The highest BCUT2D eigenvalue weighted by Gasteiger charge is 2.24. The van der Waals surface area contributed by atoms with Crippen molar-refractivity contribution < 1.29 is 0 Å². The lowest BCUT2D eigenvalue weighted by Gasteiger charge is -2.37. The van der Waals surface area contributed by atoms with Gasteiger partial charge in [-0.3, -0.25) is 4.90 Å². The topological polar surface area (TPSA) is 29.3 Å². The van der Waals surface area contributed by atoms with Crippen LogP contribution in [-0.2, 0) is 0 Å². The highest BCUT2D eigenvalue weighted by Crippen LogP contribution is 2.31. The molecule has 0 amide bonds. The van der Waals surface area contributed by atoms with Crippen LogP contribution in [-0.4, -0.2) is 24.5 Å². The quantitative estimate of drug-likeness (QED) is 0.906. The normalized spacial score (nSPS) is 19.2. The number of nitrogens with zero attached hydrogens (tertiary/aromatic N) is 1. The number of piperidine rings is 1. The van der Waals surface area contributed by atoms with Gasteiger partial charge >= 0.3 is 0 Å². The Hall–Kier alpha value is -0.860. The van der Waals surface area contributed by atoms with E-state index in [1.54, 1.807) is 0 Å². The molecule has 20 heavy (non-hydrogen) atoms. The van der Waals surface area contributed by atoms with E-state index < -0.39 is 0 Å². The van der Waals surface area contributed by atoms with E-state index in [1.807, 2.05) is 0 Å². The molecule has 2 heteroatoms. The van der Waals surface area contributed by atoms with E-state index in [1.165, 1.54) is 54.6 Å². The molecule has 0 bridgehead atoms. The maximum Gasteiger partial charge on any atom is 0.0325 e. The van der Waals surface area contributed by atoms with Crippen LogP contribution in [0.4, 0.5) is 0 Å². The Morgan fingerprint density at radius 3 is 2.20 bits per heavy atom. The van der Waals surface area contributed by atoms with Gasteiger partial charge in [-0.15, -0.1) is 0 Å². The summed E-state index contributed by atoms with van der Waals surface area (Å²) in [4.78, 5) is 2.65. The molecule has 0 saturated carbocycles. The fourth-order valence-electron chi connectivity index (χ4n) is 3.90. The number of aryl methyl sites for hydroxylation is 3. The first-order valence-electron chi connectivity index (χ1n) is 8.04. The standard InChI is InChI=1S/C18H30N2/c1-13-11-14(2)18(15(3)12-13)16(4)20-9-6-17(5-8-19)7-10-20/h11-12,16-17H,5-10,19H2,1-4H3. The molecule has 0 spiro atoms. The molecule has 0 radical (unpaired) electrons. The highest BCUT2D eigenvalue weighted by molar-refractivity contribution is 5.39. The predicted molar refractivity (Wildman–Crippen MR) is 87.0 cm³/mol. The molecule has 1 saturated heterocycles. The lowest BCUT2D eigenvalue weighted by atomic mass is 9.89. The third-order valence-electron chi connectivity index (χ3n) is 4.93. The van der Waals surface area contributed by atoms with Gasteiger partial charge in [0.05, 0.1) is 0 Å². The van der Waals surface area contributed by atoms with Crippen LogP contribution < -0.4 is 5.73 Å². The molecule has 2 rings (SSSR count). The van der Waals surface area contributed by atoms with Gasteiger partial charge in [-0.1, -0.05) is 17.7 Å². The number of hydrogen-bond acceptors (Lipinski definition) is 2. The van der Waals surface area contributed by atoms with E-state index >= 15 is 0 Å². The van der Waals surface area contributed by atoms with Crippen LogP contribution >= 0.6 is 0 Å². The van der Waals surface area contributed by atoms with Gasteiger partial charge in [0.15, 0.2) is 0 Å². The molecule has 2 nitrogen and oxygen atoms in total. The van der Waals surface area contributed by atoms with E-state index in [-0.39, 0.29) is 0 Å². The largest absolute Gasteiger partial charge is 0.330 e. The zero-order valence-electron chi connectivity index (χ0n) is 13.6. The zero-order chi connectivity index (χ0) is 14.7. The smallest absolute Gasteiger partial charge is 0.0325 e. The molecule has 1 aliphatic rings.